The summed E-state index contributed by atoms with van der Waals surface area (Å²) in [6.45, 7) is 3.96. The van der Waals surface area contributed by atoms with Gasteiger partial charge in [-0.3, -0.25) is 4.79 Å². The molecule has 0 fully saturated rings. The second kappa shape index (κ2) is 11.7. The van der Waals surface area contributed by atoms with Gasteiger partial charge in [0.15, 0.2) is 11.5 Å². The van der Waals surface area contributed by atoms with E-state index < -0.39 is 22.0 Å². The van der Waals surface area contributed by atoms with Crippen LogP contribution in [0.4, 0.5) is 0 Å². The van der Waals surface area contributed by atoms with Gasteiger partial charge < -0.3 is 24.6 Å². The van der Waals surface area contributed by atoms with Crippen molar-refractivity contribution in [3.8, 4) is 17.2 Å². The Bertz CT molecular complexity index is 985. The molecule has 2 aromatic carbocycles. The predicted molar refractivity (Wildman–Crippen MR) is 120 cm³/mol. The molecule has 0 bridgehead atoms. The molecule has 0 aliphatic heterocycles. The average Bonchev–Trinajstić information content (AvgIpc) is 2.81. The molecule has 0 spiro atoms. The third kappa shape index (κ3) is 6.12. The van der Waals surface area contributed by atoms with Gasteiger partial charge in [-0.05, 0) is 30.3 Å². The van der Waals surface area contributed by atoms with Crippen molar-refractivity contribution in [2.45, 2.75) is 24.8 Å². The number of hydrogen-bond acceptors (Lipinski definition) is 7. The molecule has 1 atom stereocenters. The Morgan fingerprint density at radius 3 is 2.22 bits per heavy atom. The number of aliphatic hydroxyl groups is 1. The number of rotatable bonds is 12. The minimum Gasteiger partial charge on any atom is -0.493 e. The molecule has 0 aliphatic carbocycles. The van der Waals surface area contributed by atoms with Gasteiger partial charge in [0, 0.05) is 25.2 Å². The third-order valence-electron chi connectivity index (χ3n) is 4.74. The van der Waals surface area contributed by atoms with Crippen molar-refractivity contribution in [2.24, 2.45) is 0 Å². The first-order chi connectivity index (χ1) is 15.3. The summed E-state index contributed by atoms with van der Waals surface area (Å²) in [5, 5.41) is 12.8. The molecule has 0 aliphatic rings. The van der Waals surface area contributed by atoms with E-state index in [0.717, 1.165) is 0 Å². The Balaban J connectivity index is 2.00. The normalized spacial score (nSPS) is 12.3. The lowest BCUT2D eigenvalue weighted by Gasteiger charge is -2.19. The van der Waals surface area contributed by atoms with Crippen molar-refractivity contribution in [3.63, 3.8) is 0 Å². The van der Waals surface area contributed by atoms with Gasteiger partial charge in [-0.1, -0.05) is 26.0 Å². The van der Waals surface area contributed by atoms with Crippen LogP contribution in [0, 0.1) is 0 Å². The minimum absolute atomic E-state index is 0.0426. The molecule has 9 nitrogen and oxygen atoms in total. The molecule has 176 valence electrons. The number of nitrogens with one attached hydrogen (secondary N) is 1. The quantitative estimate of drug-likeness (QED) is 0.491. The number of ether oxygens (including phenoxy) is 3. The van der Waals surface area contributed by atoms with Gasteiger partial charge in [0.2, 0.25) is 15.8 Å². The van der Waals surface area contributed by atoms with Crippen molar-refractivity contribution >= 4 is 15.9 Å². The fourth-order valence-electron chi connectivity index (χ4n) is 3.02. The molecule has 2 N–H and O–H groups in total. The number of hydrogen-bond donors (Lipinski definition) is 2. The minimum atomic E-state index is -3.68. The van der Waals surface area contributed by atoms with Crippen molar-refractivity contribution in [1.29, 1.82) is 0 Å². The first-order valence-electron chi connectivity index (χ1n) is 10.2. The van der Waals surface area contributed by atoms with E-state index in [0.29, 0.717) is 30.3 Å². The van der Waals surface area contributed by atoms with Crippen LogP contribution in [0.5, 0.6) is 17.2 Å². The van der Waals surface area contributed by atoms with E-state index in [4.69, 9.17) is 14.2 Å². The summed E-state index contributed by atoms with van der Waals surface area (Å²) >= 11 is 0. The summed E-state index contributed by atoms with van der Waals surface area (Å²) in [6.07, 6.45) is -1.02. The Kier molecular flexibility index (Phi) is 9.30. The molecule has 0 saturated carbocycles. The number of sulfonamides is 1. The van der Waals surface area contributed by atoms with Gasteiger partial charge in [0.05, 0.1) is 19.1 Å². The molecule has 2 rings (SSSR count). The van der Waals surface area contributed by atoms with Gasteiger partial charge >= 0.3 is 0 Å². The highest BCUT2D eigenvalue weighted by atomic mass is 32.2. The smallest absolute Gasteiger partial charge is 0.251 e. The summed E-state index contributed by atoms with van der Waals surface area (Å²) in [5.41, 5.74) is 0.178. The monoisotopic (exact) mass is 466 g/mol. The van der Waals surface area contributed by atoms with Crippen LogP contribution >= 0.6 is 0 Å². The van der Waals surface area contributed by atoms with Crippen molar-refractivity contribution in [1.82, 2.24) is 9.62 Å². The highest BCUT2D eigenvalue weighted by molar-refractivity contribution is 7.89. The van der Waals surface area contributed by atoms with E-state index in [1.807, 2.05) is 0 Å². The fraction of sp³-hybridized carbons (Fsp3) is 0.409. The van der Waals surface area contributed by atoms with Gasteiger partial charge in [0.25, 0.3) is 5.91 Å². The maximum Gasteiger partial charge on any atom is 0.251 e. The van der Waals surface area contributed by atoms with Gasteiger partial charge in [-0.2, -0.15) is 4.31 Å². The molecule has 1 amide bonds. The summed E-state index contributed by atoms with van der Waals surface area (Å²) in [6, 6.07) is 10.9. The van der Waals surface area contributed by atoms with E-state index >= 15 is 0 Å². The molecule has 0 heterocycles. The molecule has 0 aromatic heterocycles. The lowest BCUT2D eigenvalue weighted by molar-refractivity contribution is 0.0833. The number of nitrogens with zero attached hydrogens (tertiary/aromatic N) is 1. The molecule has 0 saturated heterocycles. The van der Waals surface area contributed by atoms with E-state index in [-0.39, 0.29) is 23.6 Å². The first kappa shape index (κ1) is 25.4. The zero-order valence-corrected chi connectivity index (χ0v) is 19.5. The van der Waals surface area contributed by atoms with E-state index in [1.165, 1.54) is 42.8 Å². The number of para-hydroxylation sites is 1. The van der Waals surface area contributed by atoms with Crippen LogP contribution in [-0.4, -0.2) is 70.3 Å². The highest BCUT2D eigenvalue weighted by Crippen LogP contribution is 2.36. The number of carbonyl (C=O) groups is 1. The highest BCUT2D eigenvalue weighted by Gasteiger charge is 2.22. The lowest BCUT2D eigenvalue weighted by atomic mass is 10.2. The van der Waals surface area contributed by atoms with Crippen LogP contribution in [0.2, 0.25) is 0 Å². The Morgan fingerprint density at radius 2 is 1.66 bits per heavy atom. The molecular formula is C22H30N2O7S. The van der Waals surface area contributed by atoms with Crippen molar-refractivity contribution in [3.05, 3.63) is 48.0 Å². The number of methoxy groups -OCH3 is 2. The van der Waals surface area contributed by atoms with Crippen molar-refractivity contribution in [2.75, 3.05) is 40.5 Å². The number of amides is 1. The Morgan fingerprint density at radius 1 is 1.06 bits per heavy atom. The van der Waals surface area contributed by atoms with E-state index in [1.54, 1.807) is 32.0 Å². The standard InChI is InChI=1S/C22H30N2O7S/c1-5-24(6-2)32(27,28)18-10-7-9-16(13-18)22(26)23-14-17(25)15-31-21-19(29-3)11-8-12-20(21)30-4/h7-13,17,25H,5-6,14-15H2,1-4H3,(H,23,26). The Labute approximate surface area is 189 Å². The molecule has 32 heavy (non-hydrogen) atoms. The number of benzene rings is 2. The molecule has 1 unspecified atom stereocenters. The lowest BCUT2D eigenvalue weighted by Crippen LogP contribution is -2.35. The summed E-state index contributed by atoms with van der Waals surface area (Å²) < 4.78 is 42.8. The zero-order chi connectivity index (χ0) is 23.7. The molecular weight excluding hydrogens is 436 g/mol. The summed E-state index contributed by atoms with van der Waals surface area (Å²) in [7, 11) is -0.695. The van der Waals surface area contributed by atoms with Crippen LogP contribution in [0.15, 0.2) is 47.4 Å². The maximum atomic E-state index is 12.7. The SMILES string of the molecule is CCN(CC)S(=O)(=O)c1cccc(C(=O)NCC(O)COc2c(OC)cccc2OC)c1. The zero-order valence-electron chi connectivity index (χ0n) is 18.7. The molecule has 2 aromatic rings. The van der Waals surface area contributed by atoms with Crippen LogP contribution in [-0.2, 0) is 10.0 Å². The van der Waals surface area contributed by atoms with Crippen LogP contribution in [0.1, 0.15) is 24.2 Å². The topological polar surface area (TPSA) is 114 Å². The number of carbonyl (C=O) groups excluding carboxylic acids is 1. The van der Waals surface area contributed by atoms with Crippen LogP contribution in [0.25, 0.3) is 0 Å². The van der Waals surface area contributed by atoms with E-state index in [9.17, 15) is 18.3 Å². The third-order valence-corrected chi connectivity index (χ3v) is 6.79. The molecule has 10 heteroatoms. The first-order valence-corrected chi connectivity index (χ1v) is 11.6. The van der Waals surface area contributed by atoms with Gasteiger partial charge in [0.1, 0.15) is 12.7 Å². The average molecular weight is 467 g/mol. The largest absolute Gasteiger partial charge is 0.493 e. The van der Waals surface area contributed by atoms with Crippen LogP contribution < -0.4 is 19.5 Å². The Hall–Kier alpha value is -2.82. The predicted octanol–water partition coefficient (Wildman–Crippen LogP) is 1.90. The van der Waals surface area contributed by atoms with Gasteiger partial charge in [-0.15, -0.1) is 0 Å². The number of aliphatic hydroxyl groups excluding tert-OH is 1. The summed E-state index contributed by atoms with van der Waals surface area (Å²) in [4.78, 5) is 12.5. The van der Waals surface area contributed by atoms with Gasteiger partial charge in [-0.25, -0.2) is 8.42 Å². The van der Waals surface area contributed by atoms with Crippen LogP contribution in [0.3, 0.4) is 0 Å². The molecule has 0 radical (unpaired) electrons. The summed E-state index contributed by atoms with van der Waals surface area (Å²) in [5.74, 6) is 0.742. The van der Waals surface area contributed by atoms with Crippen molar-refractivity contribution < 1.29 is 32.5 Å². The van der Waals surface area contributed by atoms with E-state index in [2.05, 4.69) is 5.32 Å². The second-order valence-corrected chi connectivity index (χ2v) is 8.72. The maximum absolute atomic E-state index is 12.7. The second-order valence-electron chi connectivity index (χ2n) is 6.78. The fourth-order valence-corrected chi connectivity index (χ4v) is 4.53.